The lowest BCUT2D eigenvalue weighted by Crippen LogP contribution is -2.22. The van der Waals surface area contributed by atoms with Crippen molar-refractivity contribution in [2.75, 3.05) is 0 Å². The molecule has 0 bridgehead atoms. The van der Waals surface area contributed by atoms with Crippen molar-refractivity contribution < 1.29 is 4.79 Å². The van der Waals surface area contributed by atoms with Crippen LogP contribution in [0.3, 0.4) is 0 Å². The first-order valence-corrected chi connectivity index (χ1v) is 8.46. The molecule has 1 amide bonds. The number of benzene rings is 2. The van der Waals surface area contributed by atoms with Crippen LogP contribution in [0.25, 0.3) is 0 Å². The SMILES string of the molecule is Cc1ccc(Cn2nc(C)nc2C[C@@H]2NC(=O)c3ccccc32)cc1. The molecule has 0 saturated carbocycles. The number of nitrogens with one attached hydrogen (secondary N) is 1. The zero-order valence-electron chi connectivity index (χ0n) is 14.4. The van der Waals surface area contributed by atoms with Gasteiger partial charge in [0.25, 0.3) is 5.91 Å². The van der Waals surface area contributed by atoms with Crippen LogP contribution >= 0.6 is 0 Å². The highest BCUT2D eigenvalue weighted by Gasteiger charge is 2.29. The van der Waals surface area contributed by atoms with Gasteiger partial charge in [-0.1, -0.05) is 48.0 Å². The van der Waals surface area contributed by atoms with Crippen molar-refractivity contribution in [3.8, 4) is 0 Å². The fourth-order valence-corrected chi connectivity index (χ4v) is 3.31. The van der Waals surface area contributed by atoms with E-state index in [9.17, 15) is 4.79 Å². The van der Waals surface area contributed by atoms with Gasteiger partial charge in [0.1, 0.15) is 11.6 Å². The number of nitrogens with zero attached hydrogens (tertiary/aromatic N) is 3. The Morgan fingerprint density at radius 3 is 2.64 bits per heavy atom. The molecule has 0 spiro atoms. The maximum atomic E-state index is 12.1. The van der Waals surface area contributed by atoms with E-state index in [0.717, 1.165) is 22.8 Å². The third-order valence-corrected chi connectivity index (χ3v) is 4.58. The molecule has 1 N–H and O–H groups in total. The standard InChI is InChI=1S/C20H20N4O/c1-13-7-9-15(10-8-13)12-24-19(21-14(2)23-24)11-18-16-5-3-4-6-17(16)20(25)22-18/h3-10,18H,11-12H2,1-2H3,(H,22,25)/t18-/m0/s1. The molecule has 0 radical (unpaired) electrons. The lowest BCUT2D eigenvalue weighted by atomic mass is 10.0. The molecule has 4 rings (SSSR count). The van der Waals surface area contributed by atoms with Crippen molar-refractivity contribution in [2.24, 2.45) is 0 Å². The number of amides is 1. The van der Waals surface area contributed by atoms with E-state index in [0.29, 0.717) is 13.0 Å². The number of hydrogen-bond acceptors (Lipinski definition) is 3. The molecule has 2 heterocycles. The summed E-state index contributed by atoms with van der Waals surface area (Å²) in [6.45, 7) is 4.66. The smallest absolute Gasteiger partial charge is 0.252 e. The van der Waals surface area contributed by atoms with E-state index in [4.69, 9.17) is 0 Å². The fraction of sp³-hybridized carbons (Fsp3) is 0.250. The lowest BCUT2D eigenvalue weighted by molar-refractivity contribution is 0.0956. The molecule has 2 aromatic carbocycles. The van der Waals surface area contributed by atoms with E-state index in [1.807, 2.05) is 35.9 Å². The zero-order valence-corrected chi connectivity index (χ0v) is 14.4. The van der Waals surface area contributed by atoms with Crippen LogP contribution in [0.4, 0.5) is 0 Å². The Balaban J connectivity index is 1.60. The van der Waals surface area contributed by atoms with Gasteiger partial charge in [-0.05, 0) is 31.0 Å². The van der Waals surface area contributed by atoms with E-state index in [1.165, 1.54) is 11.1 Å². The van der Waals surface area contributed by atoms with Crippen LogP contribution in [-0.2, 0) is 13.0 Å². The molecule has 25 heavy (non-hydrogen) atoms. The number of hydrogen-bond donors (Lipinski definition) is 1. The zero-order chi connectivity index (χ0) is 17.4. The van der Waals surface area contributed by atoms with E-state index in [-0.39, 0.29) is 11.9 Å². The van der Waals surface area contributed by atoms with Crippen LogP contribution in [-0.4, -0.2) is 20.7 Å². The Morgan fingerprint density at radius 2 is 1.84 bits per heavy atom. The second-order valence-electron chi connectivity index (χ2n) is 6.54. The molecule has 0 unspecified atom stereocenters. The largest absolute Gasteiger partial charge is 0.345 e. The highest BCUT2D eigenvalue weighted by atomic mass is 16.2. The van der Waals surface area contributed by atoms with Crippen LogP contribution in [0, 0.1) is 13.8 Å². The number of rotatable bonds is 4. The van der Waals surface area contributed by atoms with Crippen LogP contribution in [0.1, 0.15) is 44.7 Å². The fourth-order valence-electron chi connectivity index (χ4n) is 3.31. The highest BCUT2D eigenvalue weighted by Crippen LogP contribution is 2.27. The van der Waals surface area contributed by atoms with Gasteiger partial charge in [0, 0.05) is 12.0 Å². The third kappa shape index (κ3) is 3.05. The Labute approximate surface area is 146 Å². The molecule has 1 aromatic heterocycles. The molecule has 5 heteroatoms. The summed E-state index contributed by atoms with van der Waals surface area (Å²) in [6.07, 6.45) is 0.634. The number of aromatic nitrogens is 3. The number of carbonyl (C=O) groups is 1. The van der Waals surface area contributed by atoms with Crippen molar-refractivity contribution in [1.29, 1.82) is 0 Å². The summed E-state index contributed by atoms with van der Waals surface area (Å²) < 4.78 is 1.94. The molecule has 1 aliphatic rings. The Kier molecular flexibility index (Phi) is 3.84. The topological polar surface area (TPSA) is 59.8 Å². The van der Waals surface area contributed by atoms with Crippen molar-refractivity contribution in [3.63, 3.8) is 0 Å². The second kappa shape index (κ2) is 6.16. The van der Waals surface area contributed by atoms with Gasteiger partial charge in [-0.15, -0.1) is 0 Å². The first-order chi connectivity index (χ1) is 12.1. The summed E-state index contributed by atoms with van der Waals surface area (Å²) in [7, 11) is 0. The number of carbonyl (C=O) groups excluding carboxylic acids is 1. The third-order valence-electron chi connectivity index (χ3n) is 4.58. The van der Waals surface area contributed by atoms with Gasteiger partial charge >= 0.3 is 0 Å². The molecule has 0 saturated heterocycles. The van der Waals surface area contributed by atoms with Crippen LogP contribution in [0.2, 0.25) is 0 Å². The first-order valence-electron chi connectivity index (χ1n) is 8.46. The molecule has 1 atom stereocenters. The van der Waals surface area contributed by atoms with Gasteiger partial charge in [0.15, 0.2) is 0 Å². The van der Waals surface area contributed by atoms with Gasteiger partial charge < -0.3 is 5.32 Å². The van der Waals surface area contributed by atoms with Crippen LogP contribution in [0.15, 0.2) is 48.5 Å². The monoisotopic (exact) mass is 332 g/mol. The summed E-state index contributed by atoms with van der Waals surface area (Å²) in [5, 5.41) is 7.59. The van der Waals surface area contributed by atoms with Crippen molar-refractivity contribution in [3.05, 3.63) is 82.4 Å². The molecular weight excluding hydrogens is 312 g/mol. The quantitative estimate of drug-likeness (QED) is 0.799. The maximum Gasteiger partial charge on any atom is 0.252 e. The normalized spacial score (nSPS) is 15.9. The minimum Gasteiger partial charge on any atom is -0.345 e. The molecule has 5 nitrogen and oxygen atoms in total. The predicted molar refractivity (Wildman–Crippen MR) is 95.4 cm³/mol. The summed E-state index contributed by atoms with van der Waals surface area (Å²) >= 11 is 0. The van der Waals surface area contributed by atoms with Crippen LogP contribution < -0.4 is 5.32 Å². The van der Waals surface area contributed by atoms with Crippen molar-refractivity contribution in [2.45, 2.75) is 32.9 Å². The molecule has 1 aliphatic heterocycles. The summed E-state index contributed by atoms with van der Waals surface area (Å²) in [4.78, 5) is 16.7. The van der Waals surface area contributed by atoms with Crippen LogP contribution in [0.5, 0.6) is 0 Å². The minimum atomic E-state index is -0.0518. The van der Waals surface area contributed by atoms with Gasteiger partial charge in [0.2, 0.25) is 0 Å². The summed E-state index contributed by atoms with van der Waals surface area (Å²) in [6, 6.07) is 16.1. The summed E-state index contributed by atoms with van der Waals surface area (Å²) in [5.74, 6) is 1.63. The second-order valence-corrected chi connectivity index (χ2v) is 6.54. The Hall–Kier alpha value is -2.95. The number of fused-ring (bicyclic) bond motifs is 1. The predicted octanol–water partition coefficient (Wildman–Crippen LogP) is 2.97. The number of aryl methyl sites for hydroxylation is 2. The van der Waals surface area contributed by atoms with Gasteiger partial charge in [-0.2, -0.15) is 5.10 Å². The lowest BCUT2D eigenvalue weighted by Gasteiger charge is -2.12. The molecule has 126 valence electrons. The average Bonchev–Trinajstić information content (AvgIpc) is 3.10. The summed E-state index contributed by atoms with van der Waals surface area (Å²) in [5.41, 5.74) is 4.22. The first kappa shape index (κ1) is 15.6. The van der Waals surface area contributed by atoms with E-state index in [1.54, 1.807) is 0 Å². The minimum absolute atomic E-state index is 0.0121. The highest BCUT2D eigenvalue weighted by molar-refractivity contribution is 5.99. The molecule has 0 aliphatic carbocycles. The molecule has 0 fully saturated rings. The van der Waals surface area contributed by atoms with E-state index >= 15 is 0 Å². The van der Waals surface area contributed by atoms with Gasteiger partial charge in [0.05, 0.1) is 12.6 Å². The van der Waals surface area contributed by atoms with Gasteiger partial charge in [-0.3, -0.25) is 4.79 Å². The molecule has 3 aromatic rings. The average molecular weight is 332 g/mol. The van der Waals surface area contributed by atoms with E-state index < -0.39 is 0 Å². The Bertz CT molecular complexity index is 927. The molecular formula is C20H20N4O. The Morgan fingerprint density at radius 1 is 1.08 bits per heavy atom. The maximum absolute atomic E-state index is 12.1. The van der Waals surface area contributed by atoms with Crippen molar-refractivity contribution >= 4 is 5.91 Å². The van der Waals surface area contributed by atoms with E-state index in [2.05, 4.69) is 46.6 Å². The van der Waals surface area contributed by atoms with Crippen molar-refractivity contribution in [1.82, 2.24) is 20.1 Å². The van der Waals surface area contributed by atoms with Gasteiger partial charge in [-0.25, -0.2) is 9.67 Å².